The molecule has 0 bridgehead atoms. The molecular formula is C27H22N2O4S. The molecule has 0 saturated carbocycles. The monoisotopic (exact) mass is 470 g/mol. The van der Waals surface area contributed by atoms with Crippen molar-refractivity contribution in [3.05, 3.63) is 89.3 Å². The first-order valence-electron chi connectivity index (χ1n) is 11.1. The molecule has 0 spiro atoms. The summed E-state index contributed by atoms with van der Waals surface area (Å²) in [6, 6.07) is 21.1. The van der Waals surface area contributed by atoms with Crippen LogP contribution in [0.2, 0.25) is 0 Å². The number of rotatable bonds is 7. The Hall–Kier alpha value is -3.71. The highest BCUT2D eigenvalue weighted by molar-refractivity contribution is 8.15. The van der Waals surface area contributed by atoms with Gasteiger partial charge in [0.15, 0.2) is 5.78 Å². The van der Waals surface area contributed by atoms with Crippen LogP contribution >= 0.6 is 11.8 Å². The lowest BCUT2D eigenvalue weighted by Crippen LogP contribution is -2.25. The van der Waals surface area contributed by atoms with Crippen molar-refractivity contribution in [2.24, 2.45) is 0 Å². The predicted octanol–water partition coefficient (Wildman–Crippen LogP) is 5.51. The van der Waals surface area contributed by atoms with Crippen LogP contribution in [0.25, 0.3) is 22.2 Å². The fourth-order valence-corrected chi connectivity index (χ4v) is 5.09. The van der Waals surface area contributed by atoms with Crippen molar-refractivity contribution in [1.29, 1.82) is 0 Å². The van der Waals surface area contributed by atoms with Crippen molar-refractivity contribution in [2.75, 3.05) is 0 Å². The molecule has 1 fully saturated rings. The van der Waals surface area contributed by atoms with Gasteiger partial charge in [0.25, 0.3) is 5.24 Å². The van der Waals surface area contributed by atoms with Crippen LogP contribution in [-0.4, -0.2) is 27.2 Å². The molecule has 0 radical (unpaired) electrons. The molecule has 1 N–H and O–H groups in total. The van der Waals surface area contributed by atoms with Gasteiger partial charge in [-0.1, -0.05) is 66.4 Å². The van der Waals surface area contributed by atoms with Crippen LogP contribution < -0.4 is 5.32 Å². The van der Waals surface area contributed by atoms with Gasteiger partial charge in [-0.3, -0.25) is 19.7 Å². The fourth-order valence-electron chi connectivity index (χ4n) is 4.24. The summed E-state index contributed by atoms with van der Waals surface area (Å²) in [5.74, 6) is 1.03. The molecule has 1 unspecified atom stereocenters. The molecule has 1 aromatic heterocycles. The highest BCUT2D eigenvalue weighted by Crippen LogP contribution is 2.30. The Balaban J connectivity index is 1.36. The molecule has 7 heteroatoms. The summed E-state index contributed by atoms with van der Waals surface area (Å²) in [7, 11) is 0. The van der Waals surface area contributed by atoms with E-state index in [1.54, 1.807) is 0 Å². The molecule has 2 amide bonds. The third-order valence-corrected chi connectivity index (χ3v) is 6.97. The third kappa shape index (κ3) is 4.39. The second-order valence-corrected chi connectivity index (χ2v) is 9.39. The minimum atomic E-state index is -0.452. The van der Waals surface area contributed by atoms with Gasteiger partial charge in [-0.05, 0) is 41.8 Å². The van der Waals surface area contributed by atoms with Crippen LogP contribution in [0.3, 0.4) is 0 Å². The lowest BCUT2D eigenvalue weighted by molar-refractivity contribution is -0.118. The Morgan fingerprint density at radius 3 is 2.47 bits per heavy atom. The number of aromatic nitrogens is 1. The average molecular weight is 471 g/mol. The fraction of sp³-hybridized carbons (Fsp3) is 0.185. The van der Waals surface area contributed by atoms with E-state index >= 15 is 0 Å². The zero-order valence-electron chi connectivity index (χ0n) is 18.5. The number of benzene rings is 3. The highest BCUT2D eigenvalue weighted by Gasteiger charge is 2.32. The maximum Gasteiger partial charge on any atom is 0.286 e. The van der Waals surface area contributed by atoms with Crippen molar-refractivity contribution in [1.82, 2.24) is 10.3 Å². The van der Waals surface area contributed by atoms with E-state index in [1.165, 1.54) is 0 Å². The van der Waals surface area contributed by atoms with E-state index in [0.29, 0.717) is 36.5 Å². The molecule has 1 aliphatic rings. The normalized spacial score (nSPS) is 15.6. The Bertz CT molecular complexity index is 1410. The Kier molecular flexibility index (Phi) is 6.02. The first kappa shape index (κ1) is 22.1. The quantitative estimate of drug-likeness (QED) is 0.358. The maximum atomic E-state index is 13.2. The van der Waals surface area contributed by atoms with Crippen molar-refractivity contribution < 1.29 is 18.8 Å². The summed E-state index contributed by atoms with van der Waals surface area (Å²) in [6.07, 6.45) is 1.22. The minimum absolute atomic E-state index is 0.0228. The standard InChI is InChI=1S/C27H22N2O4S/c1-16-22(28-26(33-16)17-7-3-2-4-8-17)13-14-23(30)21-12-11-18(19-9-5-6-10-20(19)21)15-24-25(31)29-27(32)34-24/h2-12,24H,13-15H2,1H3,(H,29,31,32). The molecule has 6 nitrogen and oxygen atoms in total. The predicted molar refractivity (Wildman–Crippen MR) is 132 cm³/mol. The van der Waals surface area contributed by atoms with Crippen molar-refractivity contribution in [2.45, 2.75) is 31.4 Å². The van der Waals surface area contributed by atoms with E-state index in [1.807, 2.05) is 73.7 Å². The maximum absolute atomic E-state index is 13.2. The lowest BCUT2D eigenvalue weighted by Gasteiger charge is -2.12. The van der Waals surface area contributed by atoms with Gasteiger partial charge >= 0.3 is 0 Å². The number of ketones is 1. The number of aryl methyl sites for hydroxylation is 2. The van der Waals surface area contributed by atoms with Crippen LogP contribution in [0.4, 0.5) is 4.79 Å². The van der Waals surface area contributed by atoms with E-state index in [-0.39, 0.29) is 16.9 Å². The van der Waals surface area contributed by atoms with Gasteiger partial charge in [-0.15, -0.1) is 0 Å². The lowest BCUT2D eigenvalue weighted by atomic mass is 9.93. The summed E-state index contributed by atoms with van der Waals surface area (Å²) in [6.45, 7) is 1.87. The first-order valence-corrected chi connectivity index (χ1v) is 11.9. The number of hydrogen-bond acceptors (Lipinski definition) is 6. The van der Waals surface area contributed by atoms with Crippen LogP contribution in [0.1, 0.15) is 33.8 Å². The van der Waals surface area contributed by atoms with E-state index < -0.39 is 5.25 Å². The number of nitrogens with one attached hydrogen (secondary N) is 1. The number of thioether (sulfide) groups is 1. The van der Waals surface area contributed by atoms with E-state index in [4.69, 9.17) is 4.42 Å². The second-order valence-electron chi connectivity index (χ2n) is 8.22. The molecule has 1 saturated heterocycles. The third-order valence-electron chi connectivity index (χ3n) is 5.99. The summed E-state index contributed by atoms with van der Waals surface area (Å²) in [4.78, 5) is 41.4. The topological polar surface area (TPSA) is 89.3 Å². The van der Waals surface area contributed by atoms with E-state index in [9.17, 15) is 14.4 Å². The van der Waals surface area contributed by atoms with Crippen molar-refractivity contribution >= 4 is 39.5 Å². The van der Waals surface area contributed by atoms with Crippen molar-refractivity contribution in [3.63, 3.8) is 0 Å². The van der Waals surface area contributed by atoms with Crippen molar-refractivity contribution in [3.8, 4) is 11.5 Å². The summed E-state index contributed by atoms with van der Waals surface area (Å²) in [5.41, 5.74) is 3.26. The number of fused-ring (bicyclic) bond motifs is 1. The molecule has 1 atom stereocenters. The number of hydrogen-bond donors (Lipinski definition) is 1. The van der Waals surface area contributed by atoms with Gasteiger partial charge in [-0.25, -0.2) is 4.98 Å². The van der Waals surface area contributed by atoms with E-state index in [2.05, 4.69) is 10.3 Å². The zero-order chi connectivity index (χ0) is 23.7. The van der Waals surface area contributed by atoms with Crippen LogP contribution in [0.15, 0.2) is 71.1 Å². The number of oxazole rings is 1. The number of imide groups is 1. The van der Waals surface area contributed by atoms with E-state index in [0.717, 1.165) is 39.4 Å². The smallest absolute Gasteiger partial charge is 0.286 e. The number of amides is 2. The molecule has 170 valence electrons. The zero-order valence-corrected chi connectivity index (χ0v) is 19.4. The molecule has 34 heavy (non-hydrogen) atoms. The van der Waals surface area contributed by atoms with Gasteiger partial charge in [0.2, 0.25) is 11.8 Å². The Morgan fingerprint density at radius 2 is 1.74 bits per heavy atom. The highest BCUT2D eigenvalue weighted by atomic mass is 32.2. The van der Waals surface area contributed by atoms with Gasteiger partial charge < -0.3 is 4.42 Å². The summed E-state index contributed by atoms with van der Waals surface area (Å²) in [5, 5.41) is 3.33. The van der Waals surface area contributed by atoms with Crippen LogP contribution in [-0.2, 0) is 17.6 Å². The Labute approximate surface area is 200 Å². The molecule has 1 aliphatic heterocycles. The number of Topliss-reactive ketones (excluding diaryl/α,β-unsaturated/α-hetero) is 1. The Morgan fingerprint density at radius 1 is 1.00 bits per heavy atom. The molecule has 2 heterocycles. The first-order chi connectivity index (χ1) is 16.5. The second kappa shape index (κ2) is 9.27. The minimum Gasteiger partial charge on any atom is -0.441 e. The molecule has 4 aromatic rings. The van der Waals surface area contributed by atoms with Crippen LogP contribution in [0, 0.1) is 6.92 Å². The van der Waals surface area contributed by atoms with Gasteiger partial charge in [0.05, 0.1) is 10.9 Å². The molecule has 3 aromatic carbocycles. The molecule has 5 rings (SSSR count). The molecule has 0 aliphatic carbocycles. The average Bonchev–Trinajstić information content (AvgIpc) is 3.38. The van der Waals surface area contributed by atoms with Gasteiger partial charge in [0.1, 0.15) is 5.76 Å². The van der Waals surface area contributed by atoms with Gasteiger partial charge in [-0.2, -0.15) is 0 Å². The number of carbonyl (C=O) groups excluding carboxylic acids is 3. The summed E-state index contributed by atoms with van der Waals surface area (Å²) < 4.78 is 5.82. The van der Waals surface area contributed by atoms with Crippen LogP contribution in [0.5, 0.6) is 0 Å². The van der Waals surface area contributed by atoms with Gasteiger partial charge in [0, 0.05) is 24.0 Å². The summed E-state index contributed by atoms with van der Waals surface area (Å²) >= 11 is 1.01. The number of nitrogens with zero attached hydrogens (tertiary/aromatic N) is 1. The number of carbonyl (C=O) groups is 3. The molecular weight excluding hydrogens is 448 g/mol. The SMILES string of the molecule is Cc1oc(-c2ccccc2)nc1CCC(=O)c1ccc(CC2SC(=O)NC2=O)c2ccccc12. The largest absolute Gasteiger partial charge is 0.441 e.